The molecule has 0 aliphatic carbocycles. The Hall–Kier alpha value is -1.56. The second kappa shape index (κ2) is 7.00. The zero-order valence-electron chi connectivity index (χ0n) is 10.4. The lowest BCUT2D eigenvalue weighted by Gasteiger charge is -2.11. The van der Waals surface area contributed by atoms with Crippen LogP contribution < -0.4 is 16.2 Å². The first-order valence-corrected chi connectivity index (χ1v) is 6.32. The van der Waals surface area contributed by atoms with E-state index in [9.17, 15) is 0 Å². The molecular weight excluding hydrogens is 296 g/mol. The Morgan fingerprint density at radius 2 is 2.17 bits per heavy atom. The lowest BCUT2D eigenvalue weighted by Crippen LogP contribution is -2.21. The molecule has 0 aliphatic heterocycles. The molecule has 0 amide bonds. The average molecular weight is 313 g/mol. The summed E-state index contributed by atoms with van der Waals surface area (Å²) in [6.07, 6.45) is 1.56. The smallest absolute Gasteiger partial charge is 0.211 e. The van der Waals surface area contributed by atoms with Crippen LogP contribution >= 0.6 is 15.9 Å². The van der Waals surface area contributed by atoms with E-state index in [0.29, 0.717) is 12.5 Å². The second-order valence-electron chi connectivity index (χ2n) is 4.16. The summed E-state index contributed by atoms with van der Waals surface area (Å²) in [5.74, 6) is 1.13. The molecule has 6 heteroatoms. The number of nitrogens with zero attached hydrogens (tertiary/aromatic N) is 2. The van der Waals surface area contributed by atoms with Crippen LogP contribution in [0.1, 0.15) is 19.4 Å². The van der Waals surface area contributed by atoms with Gasteiger partial charge in [0.15, 0.2) is 0 Å². The Morgan fingerprint density at radius 3 is 2.78 bits per heavy atom. The van der Waals surface area contributed by atoms with Gasteiger partial charge in [0.05, 0.1) is 12.8 Å². The summed E-state index contributed by atoms with van der Waals surface area (Å²) in [6, 6.07) is 5.68. The molecule has 0 aliphatic rings. The Morgan fingerprint density at radius 1 is 1.44 bits per heavy atom. The van der Waals surface area contributed by atoms with Crippen molar-refractivity contribution in [2.24, 2.45) is 27.6 Å². The number of rotatable bonds is 5. The van der Waals surface area contributed by atoms with Gasteiger partial charge in [-0.05, 0) is 24.1 Å². The molecule has 1 aromatic rings. The number of hydrogen-bond acceptors (Lipinski definition) is 3. The fourth-order valence-corrected chi connectivity index (χ4v) is 1.54. The van der Waals surface area contributed by atoms with E-state index in [1.807, 2.05) is 18.2 Å². The van der Waals surface area contributed by atoms with Gasteiger partial charge >= 0.3 is 0 Å². The molecule has 5 nitrogen and oxygen atoms in total. The van der Waals surface area contributed by atoms with Gasteiger partial charge in [0.25, 0.3) is 0 Å². The summed E-state index contributed by atoms with van der Waals surface area (Å²) in [6.45, 7) is 4.82. The number of ether oxygens (including phenoxy) is 1. The summed E-state index contributed by atoms with van der Waals surface area (Å²) < 4.78 is 6.62. The average Bonchev–Trinajstić information content (AvgIpc) is 2.27. The maximum Gasteiger partial charge on any atom is 0.211 e. The van der Waals surface area contributed by atoms with E-state index in [1.54, 1.807) is 6.21 Å². The van der Waals surface area contributed by atoms with Gasteiger partial charge in [0.1, 0.15) is 5.75 Å². The van der Waals surface area contributed by atoms with Crippen molar-refractivity contribution in [3.8, 4) is 5.75 Å². The maximum atomic E-state index is 5.69. The van der Waals surface area contributed by atoms with E-state index < -0.39 is 0 Å². The molecule has 0 spiro atoms. The van der Waals surface area contributed by atoms with Gasteiger partial charge in [-0.2, -0.15) is 5.10 Å². The summed E-state index contributed by atoms with van der Waals surface area (Å²) in [5.41, 5.74) is 11.2. The minimum absolute atomic E-state index is 0.0779. The van der Waals surface area contributed by atoms with Crippen LogP contribution in [0.2, 0.25) is 0 Å². The minimum Gasteiger partial charge on any atom is -0.493 e. The molecule has 0 aromatic heterocycles. The van der Waals surface area contributed by atoms with Crippen LogP contribution in [-0.2, 0) is 0 Å². The van der Waals surface area contributed by atoms with E-state index in [0.717, 1.165) is 15.8 Å². The zero-order valence-corrected chi connectivity index (χ0v) is 12.0. The molecule has 0 saturated heterocycles. The van der Waals surface area contributed by atoms with Crippen LogP contribution in [0.25, 0.3) is 0 Å². The number of halogens is 1. The van der Waals surface area contributed by atoms with E-state index in [4.69, 9.17) is 16.2 Å². The van der Waals surface area contributed by atoms with Crippen LogP contribution in [0.5, 0.6) is 5.75 Å². The fourth-order valence-electron chi connectivity index (χ4n) is 1.17. The van der Waals surface area contributed by atoms with Crippen molar-refractivity contribution in [2.75, 3.05) is 6.61 Å². The molecule has 0 fully saturated rings. The van der Waals surface area contributed by atoms with Crippen LogP contribution in [-0.4, -0.2) is 18.8 Å². The van der Waals surface area contributed by atoms with Crippen LogP contribution in [0, 0.1) is 5.92 Å². The topological polar surface area (TPSA) is 86.0 Å². The third-order valence-corrected chi connectivity index (χ3v) is 2.41. The predicted octanol–water partition coefficient (Wildman–Crippen LogP) is 2.09. The molecule has 0 bridgehead atoms. The first-order chi connectivity index (χ1) is 8.49. The summed E-state index contributed by atoms with van der Waals surface area (Å²) in [7, 11) is 0. The predicted molar refractivity (Wildman–Crippen MR) is 77.9 cm³/mol. The lowest BCUT2D eigenvalue weighted by atomic mass is 10.2. The number of benzene rings is 1. The van der Waals surface area contributed by atoms with Gasteiger partial charge in [0.2, 0.25) is 5.96 Å². The molecule has 4 N–H and O–H groups in total. The summed E-state index contributed by atoms with van der Waals surface area (Å²) in [4.78, 5) is 0. The molecule has 1 rings (SSSR count). The van der Waals surface area contributed by atoms with Gasteiger partial charge < -0.3 is 16.2 Å². The number of nitrogens with two attached hydrogens (primary N) is 2. The van der Waals surface area contributed by atoms with Crippen molar-refractivity contribution >= 4 is 28.1 Å². The third kappa shape index (κ3) is 5.18. The monoisotopic (exact) mass is 312 g/mol. The molecule has 0 unspecified atom stereocenters. The van der Waals surface area contributed by atoms with E-state index in [1.165, 1.54) is 0 Å². The van der Waals surface area contributed by atoms with Crippen molar-refractivity contribution in [3.63, 3.8) is 0 Å². The summed E-state index contributed by atoms with van der Waals surface area (Å²) in [5, 5.41) is 7.34. The highest BCUT2D eigenvalue weighted by atomic mass is 79.9. The Balaban J connectivity index is 2.89. The molecule has 0 saturated carbocycles. The highest BCUT2D eigenvalue weighted by Crippen LogP contribution is 2.22. The summed E-state index contributed by atoms with van der Waals surface area (Å²) >= 11 is 3.39. The highest BCUT2D eigenvalue weighted by molar-refractivity contribution is 9.10. The highest BCUT2D eigenvalue weighted by Gasteiger charge is 2.04. The standard InChI is InChI=1S/C12H17BrN4O/c1-8(2)7-18-11-4-3-10(13)5-9(11)6-16-17-12(14)15/h3-6,8H,7H2,1-2H3,(H4,14,15,17). The fraction of sp³-hybridized carbons (Fsp3) is 0.333. The van der Waals surface area contributed by atoms with Crippen molar-refractivity contribution in [2.45, 2.75) is 13.8 Å². The van der Waals surface area contributed by atoms with Crippen LogP contribution in [0.3, 0.4) is 0 Å². The first-order valence-electron chi connectivity index (χ1n) is 5.53. The van der Waals surface area contributed by atoms with Gasteiger partial charge in [0, 0.05) is 10.0 Å². The minimum atomic E-state index is -0.0779. The SMILES string of the molecule is CC(C)COc1ccc(Br)cc1C=NN=C(N)N. The van der Waals surface area contributed by atoms with Gasteiger partial charge in [-0.1, -0.05) is 29.8 Å². The second-order valence-corrected chi connectivity index (χ2v) is 5.07. The first kappa shape index (κ1) is 14.5. The van der Waals surface area contributed by atoms with Gasteiger partial charge in [-0.15, -0.1) is 5.10 Å². The maximum absolute atomic E-state index is 5.69. The van der Waals surface area contributed by atoms with E-state index in [-0.39, 0.29) is 5.96 Å². The van der Waals surface area contributed by atoms with Crippen molar-refractivity contribution in [3.05, 3.63) is 28.2 Å². The Labute approximate surface area is 115 Å². The molecule has 1 aromatic carbocycles. The van der Waals surface area contributed by atoms with Gasteiger partial charge in [-0.3, -0.25) is 0 Å². The van der Waals surface area contributed by atoms with Crippen LogP contribution in [0.15, 0.2) is 32.9 Å². The Kier molecular flexibility index (Phi) is 5.64. The Bertz CT molecular complexity index is 453. The van der Waals surface area contributed by atoms with E-state index >= 15 is 0 Å². The number of guanidine groups is 1. The van der Waals surface area contributed by atoms with Gasteiger partial charge in [-0.25, -0.2) is 0 Å². The quantitative estimate of drug-likeness (QED) is 0.496. The van der Waals surface area contributed by atoms with Crippen LogP contribution in [0.4, 0.5) is 0 Å². The van der Waals surface area contributed by atoms with Crippen molar-refractivity contribution in [1.29, 1.82) is 0 Å². The van der Waals surface area contributed by atoms with Crippen molar-refractivity contribution in [1.82, 2.24) is 0 Å². The molecular formula is C12H17BrN4O. The zero-order chi connectivity index (χ0) is 13.5. The molecule has 18 heavy (non-hydrogen) atoms. The lowest BCUT2D eigenvalue weighted by molar-refractivity contribution is 0.270. The molecule has 0 atom stereocenters. The third-order valence-electron chi connectivity index (χ3n) is 1.91. The number of hydrogen-bond donors (Lipinski definition) is 2. The van der Waals surface area contributed by atoms with E-state index in [2.05, 4.69) is 40.0 Å². The molecule has 0 radical (unpaired) electrons. The largest absolute Gasteiger partial charge is 0.493 e. The molecule has 0 heterocycles. The van der Waals surface area contributed by atoms with Crippen molar-refractivity contribution < 1.29 is 4.74 Å². The normalized spacial score (nSPS) is 10.9. The molecule has 98 valence electrons.